The highest BCUT2D eigenvalue weighted by atomic mass is 28.2. The molecule has 1 aromatic heterocycles. The Balaban J connectivity index is 0.000000322. The fourth-order valence-corrected chi connectivity index (χ4v) is 9.09. The predicted molar refractivity (Wildman–Crippen MR) is 226 cm³/mol. The first kappa shape index (κ1) is 39.4. The number of rotatable bonds is 19. The van der Waals surface area contributed by atoms with Gasteiger partial charge in [0.15, 0.2) is 0 Å². The summed E-state index contributed by atoms with van der Waals surface area (Å²) in [5.74, 6) is 1.85. The van der Waals surface area contributed by atoms with E-state index in [9.17, 15) is 0 Å². The summed E-state index contributed by atoms with van der Waals surface area (Å²) in [6, 6.07) is 48.7. The normalized spacial score (nSPS) is 11.4. The summed E-state index contributed by atoms with van der Waals surface area (Å²) in [7, 11) is 5.21. The van der Waals surface area contributed by atoms with Gasteiger partial charge in [-0.05, 0) is 65.2 Å². The molecule has 0 saturated carbocycles. The van der Waals surface area contributed by atoms with Crippen LogP contribution in [0.15, 0.2) is 158 Å². The van der Waals surface area contributed by atoms with E-state index in [-0.39, 0.29) is 11.0 Å². The number of hydrogen-bond acceptors (Lipinski definition) is 3. The third-order valence-electron chi connectivity index (χ3n) is 9.76. The summed E-state index contributed by atoms with van der Waals surface area (Å²) in [6.07, 6.45) is 15.6. The number of benzene rings is 5. The van der Waals surface area contributed by atoms with Crippen LogP contribution in [0.2, 0.25) is 0 Å². The smallest absolute Gasteiger partial charge is 0.119 e. The third-order valence-corrected chi connectivity index (χ3v) is 12.3. The number of imidazole rings is 1. The van der Waals surface area contributed by atoms with Gasteiger partial charge in [0.2, 0.25) is 0 Å². The van der Waals surface area contributed by atoms with Crippen molar-refractivity contribution in [3.8, 4) is 11.5 Å². The predicted octanol–water partition coefficient (Wildman–Crippen LogP) is 9.99. The van der Waals surface area contributed by atoms with E-state index in [0.717, 1.165) is 48.7 Å². The van der Waals surface area contributed by atoms with Crippen LogP contribution >= 0.6 is 0 Å². The minimum atomic E-state index is -0.904. The zero-order chi connectivity index (χ0) is 37.0. The van der Waals surface area contributed by atoms with Gasteiger partial charge in [-0.15, -0.1) is 0 Å². The number of ether oxygens (including phenoxy) is 2. The molecule has 272 valence electrons. The van der Waals surface area contributed by atoms with Gasteiger partial charge in [-0.2, -0.15) is 0 Å². The lowest BCUT2D eigenvalue weighted by Crippen LogP contribution is -2.46. The van der Waals surface area contributed by atoms with E-state index in [1.165, 1.54) is 54.8 Å². The van der Waals surface area contributed by atoms with Crippen LogP contribution in [0.3, 0.4) is 0 Å². The minimum Gasteiger partial charge on any atom is -0.494 e. The zero-order valence-electron chi connectivity index (χ0n) is 31.7. The topological polar surface area (TPSA) is 36.3 Å². The fraction of sp³-hybridized carbons (Fsp3) is 0.298. The molecular weight excluding hydrogens is 663 g/mol. The maximum absolute atomic E-state index is 6.12. The van der Waals surface area contributed by atoms with E-state index in [0.29, 0.717) is 0 Å². The number of aromatic nitrogens is 2. The summed E-state index contributed by atoms with van der Waals surface area (Å²) in [5.41, 5.74) is 4.81. The summed E-state index contributed by atoms with van der Waals surface area (Å²) < 4.78 is 14.5. The maximum atomic E-state index is 6.12. The van der Waals surface area contributed by atoms with E-state index >= 15 is 0 Å². The van der Waals surface area contributed by atoms with Crippen LogP contribution in [0.1, 0.15) is 93.3 Å². The maximum Gasteiger partial charge on any atom is 0.119 e. The van der Waals surface area contributed by atoms with E-state index < -0.39 is 9.52 Å². The van der Waals surface area contributed by atoms with Crippen molar-refractivity contribution >= 4 is 22.6 Å². The van der Waals surface area contributed by atoms with Crippen molar-refractivity contribution in [2.45, 2.75) is 76.2 Å². The molecule has 6 aromatic rings. The minimum absolute atomic E-state index is 0.0163. The van der Waals surface area contributed by atoms with Crippen LogP contribution < -0.4 is 14.7 Å². The number of nitrogens with zero attached hydrogens (tertiary/aromatic N) is 2. The second-order valence-corrected chi connectivity index (χ2v) is 15.9. The molecule has 0 bridgehead atoms. The highest BCUT2D eigenvalue weighted by Crippen LogP contribution is 2.35. The summed E-state index contributed by atoms with van der Waals surface area (Å²) in [4.78, 5) is 4.48. The molecule has 2 radical (unpaired) electrons. The van der Waals surface area contributed by atoms with Crippen LogP contribution in [0, 0.1) is 0 Å². The van der Waals surface area contributed by atoms with E-state index in [4.69, 9.17) is 17.3 Å². The highest BCUT2D eigenvalue weighted by Gasteiger charge is 2.37. The lowest BCUT2D eigenvalue weighted by atomic mass is 9.76. The third kappa shape index (κ3) is 11.6. The molecule has 0 saturated heterocycles. The Morgan fingerprint density at radius 2 is 1.04 bits per heavy atom. The average Bonchev–Trinajstić information content (AvgIpc) is 3.77. The summed E-state index contributed by atoms with van der Waals surface area (Å²) >= 11 is 0. The first-order chi connectivity index (χ1) is 26.1. The molecule has 53 heavy (non-hydrogen) atoms. The summed E-state index contributed by atoms with van der Waals surface area (Å²) in [6.45, 7) is 6.01. The molecule has 0 spiro atoms. The van der Waals surface area contributed by atoms with E-state index in [1.54, 1.807) is 0 Å². The van der Waals surface area contributed by atoms with Crippen LogP contribution in [-0.4, -0.2) is 40.1 Å². The molecule has 0 aliphatic heterocycles. The Labute approximate surface area is 321 Å². The average molecular weight is 719 g/mol. The quantitative estimate of drug-likeness (QED) is 0.0618. The van der Waals surface area contributed by atoms with Crippen molar-refractivity contribution in [2.75, 3.05) is 13.2 Å². The lowest BCUT2D eigenvalue weighted by Gasteiger charge is -2.37. The monoisotopic (exact) mass is 718 g/mol. The Bertz CT molecular complexity index is 1720. The largest absolute Gasteiger partial charge is 0.494 e. The van der Waals surface area contributed by atoms with Crippen LogP contribution in [0.4, 0.5) is 0 Å². The Kier molecular flexibility index (Phi) is 16.1. The van der Waals surface area contributed by atoms with Gasteiger partial charge in [0.1, 0.15) is 11.5 Å². The van der Waals surface area contributed by atoms with Crippen LogP contribution in [0.25, 0.3) is 0 Å². The van der Waals surface area contributed by atoms with Gasteiger partial charge in [-0.25, -0.2) is 4.98 Å². The standard InChI is InChI=1S/C34H44N2O2Si.C13H11B/c1-3-5-7-12-26-37-31-20-16-29(17-21-31)34(36-25-24-35-28-36,39-33-14-10-9-11-15-33)30-18-22-32(23-19-30)38-27-13-8-6-4-2;14-13(11-7-3-1-4-8-11)12-9-5-2-6-10-12/h9-11,14-25,28H,3-8,12-13,26-27,39H2,1-2H3;1-10,13H. The molecule has 0 fully saturated rings. The number of hydrogen-bond donors (Lipinski definition) is 0. The molecule has 5 aromatic carbocycles. The first-order valence-electron chi connectivity index (χ1n) is 19.5. The number of unbranched alkanes of at least 4 members (excludes halogenated alkanes) is 6. The Morgan fingerprint density at radius 1 is 0.585 bits per heavy atom. The molecule has 0 amide bonds. The van der Waals surface area contributed by atoms with Gasteiger partial charge >= 0.3 is 0 Å². The second-order valence-electron chi connectivity index (χ2n) is 13.7. The lowest BCUT2D eigenvalue weighted by molar-refractivity contribution is 0.305. The molecule has 0 unspecified atom stereocenters. The Hall–Kier alpha value is -4.81. The van der Waals surface area contributed by atoms with Gasteiger partial charge < -0.3 is 14.0 Å². The molecule has 0 N–H and O–H groups in total. The van der Waals surface area contributed by atoms with Gasteiger partial charge in [0.25, 0.3) is 0 Å². The van der Waals surface area contributed by atoms with Gasteiger partial charge in [-0.1, -0.05) is 173 Å². The molecule has 6 heteroatoms. The molecule has 0 aliphatic carbocycles. The Morgan fingerprint density at radius 3 is 1.45 bits per heavy atom. The molecule has 0 atom stereocenters. The summed E-state index contributed by atoms with van der Waals surface area (Å²) in [5, 5.41) is 1.07. The van der Waals surface area contributed by atoms with Crippen molar-refractivity contribution in [2.24, 2.45) is 0 Å². The molecule has 0 aliphatic rings. The second kappa shape index (κ2) is 21.7. The van der Waals surface area contributed by atoms with E-state index in [1.807, 2.05) is 48.9 Å². The van der Waals surface area contributed by atoms with Gasteiger partial charge in [0, 0.05) is 12.4 Å². The molecular formula is C47H55BN2O2Si. The SMILES string of the molecule is CCCCCCOc1ccc(C([SiH2]c2ccccc2)(c2ccc(OCCCCCC)cc2)n2ccnc2)cc1.[B]C(c1ccccc1)c1ccccc1. The van der Waals surface area contributed by atoms with Gasteiger partial charge in [-0.3, -0.25) is 0 Å². The fourth-order valence-electron chi connectivity index (χ4n) is 6.74. The molecule has 4 nitrogen and oxygen atoms in total. The van der Waals surface area contributed by atoms with Crippen molar-refractivity contribution < 1.29 is 9.47 Å². The first-order valence-corrected chi connectivity index (χ1v) is 20.9. The van der Waals surface area contributed by atoms with Crippen molar-refractivity contribution in [1.82, 2.24) is 9.55 Å². The highest BCUT2D eigenvalue weighted by molar-refractivity contribution is 6.57. The van der Waals surface area contributed by atoms with Gasteiger partial charge in [0.05, 0.1) is 42.1 Å². The van der Waals surface area contributed by atoms with Crippen molar-refractivity contribution in [1.29, 1.82) is 0 Å². The van der Waals surface area contributed by atoms with Crippen molar-refractivity contribution in [3.05, 3.63) is 181 Å². The van der Waals surface area contributed by atoms with E-state index in [2.05, 4.69) is 133 Å². The van der Waals surface area contributed by atoms with Crippen LogP contribution in [-0.2, 0) is 5.16 Å². The molecule has 6 rings (SSSR count). The van der Waals surface area contributed by atoms with Crippen LogP contribution in [0.5, 0.6) is 11.5 Å². The molecule has 1 heterocycles. The zero-order valence-corrected chi connectivity index (χ0v) is 33.1. The van der Waals surface area contributed by atoms with Crippen molar-refractivity contribution in [3.63, 3.8) is 0 Å².